The molecule has 0 amide bonds. The standard InChI is InChI=1S/C13H23N3/c1-4-5-8-16-12-6-7-14-9-11(12)15-13(16)10(2)3/h10,14H,4-9H2,1-3H3. The second-order valence-electron chi connectivity index (χ2n) is 4.95. The Bertz CT molecular complexity index is 352. The van der Waals surface area contributed by atoms with Gasteiger partial charge in [0.25, 0.3) is 0 Å². The molecule has 2 heterocycles. The van der Waals surface area contributed by atoms with E-state index in [4.69, 9.17) is 4.98 Å². The Kier molecular flexibility index (Phi) is 3.64. The molecule has 1 aliphatic rings. The van der Waals surface area contributed by atoms with Crippen LogP contribution < -0.4 is 5.32 Å². The first-order valence-electron chi connectivity index (χ1n) is 6.53. The summed E-state index contributed by atoms with van der Waals surface area (Å²) in [6, 6.07) is 0. The zero-order valence-electron chi connectivity index (χ0n) is 10.7. The van der Waals surface area contributed by atoms with Crippen molar-refractivity contribution in [3.8, 4) is 0 Å². The van der Waals surface area contributed by atoms with Crippen LogP contribution >= 0.6 is 0 Å². The first-order chi connectivity index (χ1) is 7.74. The fourth-order valence-electron chi connectivity index (χ4n) is 2.40. The Morgan fingerprint density at radius 3 is 2.94 bits per heavy atom. The Morgan fingerprint density at radius 1 is 1.44 bits per heavy atom. The third kappa shape index (κ3) is 2.14. The van der Waals surface area contributed by atoms with Gasteiger partial charge in [0.2, 0.25) is 0 Å². The molecule has 0 atom stereocenters. The Hall–Kier alpha value is -0.830. The van der Waals surface area contributed by atoms with Gasteiger partial charge < -0.3 is 9.88 Å². The fourth-order valence-corrected chi connectivity index (χ4v) is 2.40. The third-order valence-corrected chi connectivity index (χ3v) is 3.27. The Morgan fingerprint density at radius 2 is 2.25 bits per heavy atom. The molecule has 90 valence electrons. The van der Waals surface area contributed by atoms with Crippen molar-refractivity contribution in [2.24, 2.45) is 0 Å². The molecule has 0 fully saturated rings. The zero-order chi connectivity index (χ0) is 11.5. The van der Waals surface area contributed by atoms with Crippen LogP contribution in [0.5, 0.6) is 0 Å². The molecule has 0 aromatic carbocycles. The summed E-state index contributed by atoms with van der Waals surface area (Å²) in [6.45, 7) is 9.93. The molecule has 0 aliphatic carbocycles. The van der Waals surface area contributed by atoms with Gasteiger partial charge in [-0.2, -0.15) is 0 Å². The Labute approximate surface area is 98.3 Å². The van der Waals surface area contributed by atoms with E-state index in [0.717, 1.165) is 26.1 Å². The van der Waals surface area contributed by atoms with Crippen LogP contribution in [0, 0.1) is 0 Å². The SMILES string of the molecule is CCCCn1c(C(C)C)nc2c1CCNC2. The maximum Gasteiger partial charge on any atom is 0.111 e. The van der Waals surface area contributed by atoms with Gasteiger partial charge in [0.15, 0.2) is 0 Å². The van der Waals surface area contributed by atoms with Crippen molar-refractivity contribution in [1.29, 1.82) is 0 Å². The molecule has 0 unspecified atom stereocenters. The van der Waals surface area contributed by atoms with Crippen LogP contribution in [0.15, 0.2) is 0 Å². The van der Waals surface area contributed by atoms with E-state index >= 15 is 0 Å². The lowest BCUT2D eigenvalue weighted by Gasteiger charge is -2.16. The van der Waals surface area contributed by atoms with E-state index in [1.165, 1.54) is 30.1 Å². The van der Waals surface area contributed by atoms with Crippen LogP contribution in [-0.4, -0.2) is 16.1 Å². The number of hydrogen-bond donors (Lipinski definition) is 1. The van der Waals surface area contributed by atoms with Gasteiger partial charge in [-0.1, -0.05) is 27.2 Å². The summed E-state index contributed by atoms with van der Waals surface area (Å²) in [5.74, 6) is 1.81. The van der Waals surface area contributed by atoms with E-state index in [1.54, 1.807) is 0 Å². The van der Waals surface area contributed by atoms with Gasteiger partial charge in [0, 0.05) is 37.7 Å². The number of fused-ring (bicyclic) bond motifs is 1. The van der Waals surface area contributed by atoms with Crippen molar-refractivity contribution >= 4 is 0 Å². The first kappa shape index (κ1) is 11.6. The lowest BCUT2D eigenvalue weighted by atomic mass is 10.1. The van der Waals surface area contributed by atoms with Gasteiger partial charge >= 0.3 is 0 Å². The molecule has 2 rings (SSSR count). The normalized spacial score (nSPS) is 15.5. The minimum atomic E-state index is 0.530. The number of nitrogens with one attached hydrogen (secondary N) is 1. The summed E-state index contributed by atoms with van der Waals surface area (Å²) in [6.07, 6.45) is 3.65. The first-order valence-corrected chi connectivity index (χ1v) is 6.53. The maximum atomic E-state index is 4.80. The predicted octanol–water partition coefficient (Wildman–Crippen LogP) is 2.45. The summed E-state index contributed by atoms with van der Waals surface area (Å²) >= 11 is 0. The molecule has 1 aliphatic heterocycles. The van der Waals surface area contributed by atoms with Crippen LogP contribution in [0.1, 0.15) is 56.7 Å². The Balaban J connectivity index is 2.32. The molecular weight excluding hydrogens is 198 g/mol. The number of rotatable bonds is 4. The van der Waals surface area contributed by atoms with E-state index in [9.17, 15) is 0 Å². The second kappa shape index (κ2) is 5.00. The molecule has 3 heteroatoms. The largest absolute Gasteiger partial charge is 0.331 e. The van der Waals surface area contributed by atoms with Crippen LogP contribution in [-0.2, 0) is 19.5 Å². The van der Waals surface area contributed by atoms with Crippen molar-refractivity contribution in [3.05, 3.63) is 17.2 Å². The third-order valence-electron chi connectivity index (χ3n) is 3.27. The highest BCUT2D eigenvalue weighted by Gasteiger charge is 2.20. The van der Waals surface area contributed by atoms with Crippen LogP contribution in [0.2, 0.25) is 0 Å². The second-order valence-corrected chi connectivity index (χ2v) is 4.95. The molecule has 1 N–H and O–H groups in total. The minimum absolute atomic E-state index is 0.530. The lowest BCUT2D eigenvalue weighted by Crippen LogP contribution is -2.25. The maximum absolute atomic E-state index is 4.80. The number of aromatic nitrogens is 2. The topological polar surface area (TPSA) is 29.9 Å². The number of unbranched alkanes of at least 4 members (excludes halogenated alkanes) is 1. The van der Waals surface area contributed by atoms with Crippen molar-refractivity contribution in [2.75, 3.05) is 6.54 Å². The summed E-state index contributed by atoms with van der Waals surface area (Å²) < 4.78 is 2.48. The molecule has 1 aromatic heterocycles. The number of hydrogen-bond acceptors (Lipinski definition) is 2. The van der Waals surface area contributed by atoms with Gasteiger partial charge in [-0.15, -0.1) is 0 Å². The molecule has 16 heavy (non-hydrogen) atoms. The average Bonchev–Trinajstić information content (AvgIpc) is 2.65. The highest BCUT2D eigenvalue weighted by Crippen LogP contribution is 2.22. The highest BCUT2D eigenvalue weighted by molar-refractivity contribution is 5.21. The number of imidazole rings is 1. The fraction of sp³-hybridized carbons (Fsp3) is 0.769. The lowest BCUT2D eigenvalue weighted by molar-refractivity contribution is 0.545. The molecular formula is C13H23N3. The van der Waals surface area contributed by atoms with E-state index in [2.05, 4.69) is 30.7 Å². The summed E-state index contributed by atoms with van der Waals surface area (Å²) in [5, 5.41) is 3.40. The van der Waals surface area contributed by atoms with Gasteiger partial charge in [-0.3, -0.25) is 0 Å². The smallest absolute Gasteiger partial charge is 0.111 e. The van der Waals surface area contributed by atoms with E-state index in [-0.39, 0.29) is 0 Å². The van der Waals surface area contributed by atoms with Crippen molar-refractivity contribution in [2.45, 2.75) is 59.0 Å². The van der Waals surface area contributed by atoms with Crippen LogP contribution in [0.3, 0.4) is 0 Å². The van der Waals surface area contributed by atoms with Crippen molar-refractivity contribution in [3.63, 3.8) is 0 Å². The highest BCUT2D eigenvalue weighted by atomic mass is 15.1. The summed E-state index contributed by atoms with van der Waals surface area (Å²) in [7, 11) is 0. The van der Waals surface area contributed by atoms with Gasteiger partial charge in [-0.05, 0) is 6.42 Å². The van der Waals surface area contributed by atoms with E-state index < -0.39 is 0 Å². The van der Waals surface area contributed by atoms with Crippen LogP contribution in [0.4, 0.5) is 0 Å². The molecule has 0 bridgehead atoms. The summed E-state index contributed by atoms with van der Waals surface area (Å²) in [4.78, 5) is 4.80. The van der Waals surface area contributed by atoms with Gasteiger partial charge in [0.05, 0.1) is 5.69 Å². The molecule has 0 radical (unpaired) electrons. The molecule has 0 saturated carbocycles. The number of nitrogens with zero attached hydrogens (tertiary/aromatic N) is 2. The summed E-state index contributed by atoms with van der Waals surface area (Å²) in [5.41, 5.74) is 2.77. The van der Waals surface area contributed by atoms with Gasteiger partial charge in [-0.25, -0.2) is 4.98 Å². The average molecular weight is 221 g/mol. The van der Waals surface area contributed by atoms with Gasteiger partial charge in [0.1, 0.15) is 5.82 Å². The minimum Gasteiger partial charge on any atom is -0.331 e. The zero-order valence-corrected chi connectivity index (χ0v) is 10.7. The molecule has 0 spiro atoms. The van der Waals surface area contributed by atoms with Crippen molar-refractivity contribution in [1.82, 2.24) is 14.9 Å². The monoisotopic (exact) mass is 221 g/mol. The van der Waals surface area contributed by atoms with E-state index in [1.807, 2.05) is 0 Å². The van der Waals surface area contributed by atoms with Crippen molar-refractivity contribution < 1.29 is 0 Å². The molecule has 0 saturated heterocycles. The predicted molar refractivity (Wildman–Crippen MR) is 66.6 cm³/mol. The van der Waals surface area contributed by atoms with E-state index in [0.29, 0.717) is 5.92 Å². The van der Waals surface area contributed by atoms with Crippen LogP contribution in [0.25, 0.3) is 0 Å². The molecule has 3 nitrogen and oxygen atoms in total. The molecule has 1 aromatic rings. The quantitative estimate of drug-likeness (QED) is 0.846.